The number of aryl methyl sites for hydroxylation is 1. The highest BCUT2D eigenvalue weighted by Gasteiger charge is 2.35. The lowest BCUT2D eigenvalue weighted by molar-refractivity contribution is -0.140. The van der Waals surface area contributed by atoms with Gasteiger partial charge in [0.15, 0.2) is 5.82 Å². The number of alkyl halides is 1. The second-order valence-corrected chi connectivity index (χ2v) is 6.37. The number of carbonyl (C=O) groups is 1. The van der Waals surface area contributed by atoms with E-state index >= 15 is 0 Å². The fraction of sp³-hybridized carbons (Fsp3) is 0.800. The molecular weight excluding hydrogens is 303 g/mol. The summed E-state index contributed by atoms with van der Waals surface area (Å²) in [5.74, 6) is 1.04. The van der Waals surface area contributed by atoms with Crippen molar-refractivity contribution < 1.29 is 18.4 Å². The number of likely N-dealkylation sites (N-methyl/N-ethyl adjacent to an activating group) is 1. The Morgan fingerprint density at radius 2 is 2.35 bits per heavy atom. The molecule has 2 aliphatic rings. The number of ether oxygens (including phenoxy) is 1. The summed E-state index contributed by atoms with van der Waals surface area (Å²) in [4.78, 5) is 20.1. The van der Waals surface area contributed by atoms with Gasteiger partial charge >= 0.3 is 0 Å². The van der Waals surface area contributed by atoms with Crippen LogP contribution in [-0.2, 0) is 16.1 Å². The molecule has 23 heavy (non-hydrogen) atoms. The third-order valence-electron chi connectivity index (χ3n) is 4.46. The van der Waals surface area contributed by atoms with E-state index in [1.807, 2.05) is 4.90 Å². The lowest BCUT2D eigenvalue weighted by Crippen LogP contribution is -2.44. The van der Waals surface area contributed by atoms with E-state index in [9.17, 15) is 9.18 Å². The number of likely N-dealkylation sites (tertiary alicyclic amines) is 1. The summed E-state index contributed by atoms with van der Waals surface area (Å²) in [7, 11) is 1.76. The molecule has 128 valence electrons. The van der Waals surface area contributed by atoms with Crippen molar-refractivity contribution in [1.29, 1.82) is 0 Å². The number of hydrogen-bond donors (Lipinski definition) is 0. The van der Waals surface area contributed by atoms with Gasteiger partial charge in [0.05, 0.1) is 6.54 Å². The molecule has 2 aliphatic heterocycles. The summed E-state index contributed by atoms with van der Waals surface area (Å²) in [5.41, 5.74) is 0. The predicted octanol–water partition coefficient (Wildman–Crippen LogP) is 0.928. The van der Waals surface area contributed by atoms with Crippen molar-refractivity contribution in [1.82, 2.24) is 19.9 Å². The van der Waals surface area contributed by atoms with E-state index in [0.29, 0.717) is 44.4 Å². The number of nitrogens with zero attached hydrogens (tertiary/aromatic N) is 4. The van der Waals surface area contributed by atoms with Crippen LogP contribution < -0.4 is 0 Å². The van der Waals surface area contributed by atoms with E-state index in [1.54, 1.807) is 18.9 Å². The van der Waals surface area contributed by atoms with Crippen LogP contribution in [0.15, 0.2) is 4.52 Å². The molecule has 8 heteroatoms. The molecule has 0 unspecified atom stereocenters. The molecule has 0 bridgehead atoms. The molecule has 0 aliphatic carbocycles. The zero-order chi connectivity index (χ0) is 16.4. The predicted molar refractivity (Wildman–Crippen MR) is 79.4 cm³/mol. The summed E-state index contributed by atoms with van der Waals surface area (Å²) in [6.07, 6.45) is 0.879. The molecule has 3 rings (SSSR count). The molecule has 2 saturated heterocycles. The Bertz CT molecular complexity index is 547. The van der Waals surface area contributed by atoms with Crippen LogP contribution in [0, 0.1) is 6.92 Å². The smallest absolute Gasteiger partial charge is 0.251 e. The van der Waals surface area contributed by atoms with E-state index in [2.05, 4.69) is 10.1 Å². The first-order valence-electron chi connectivity index (χ1n) is 8.07. The molecule has 0 aromatic carbocycles. The number of aromatic nitrogens is 2. The van der Waals surface area contributed by atoms with Crippen LogP contribution in [0.5, 0.6) is 0 Å². The van der Waals surface area contributed by atoms with E-state index in [1.165, 1.54) is 0 Å². The second kappa shape index (κ2) is 6.92. The third-order valence-corrected chi connectivity index (χ3v) is 4.46. The summed E-state index contributed by atoms with van der Waals surface area (Å²) in [5, 5.41) is 3.87. The molecule has 0 N–H and O–H groups in total. The minimum Gasteiger partial charge on any atom is -0.368 e. The molecule has 1 amide bonds. The van der Waals surface area contributed by atoms with Crippen molar-refractivity contribution in [2.45, 2.75) is 51.0 Å². The molecular formula is C15H23FN4O3. The molecule has 7 nitrogen and oxygen atoms in total. The highest BCUT2D eigenvalue weighted by Crippen LogP contribution is 2.23. The molecule has 3 heterocycles. The summed E-state index contributed by atoms with van der Waals surface area (Å²) in [6, 6.07) is -0.0424. The van der Waals surface area contributed by atoms with Crippen LogP contribution in [-0.4, -0.2) is 70.9 Å². The van der Waals surface area contributed by atoms with Crippen molar-refractivity contribution in [2.24, 2.45) is 0 Å². The van der Waals surface area contributed by atoms with Gasteiger partial charge in [-0.15, -0.1) is 0 Å². The minimum absolute atomic E-state index is 0.0137. The quantitative estimate of drug-likeness (QED) is 0.801. The third kappa shape index (κ3) is 3.87. The van der Waals surface area contributed by atoms with Gasteiger partial charge in [-0.1, -0.05) is 5.16 Å². The highest BCUT2D eigenvalue weighted by molar-refractivity contribution is 5.80. The van der Waals surface area contributed by atoms with E-state index in [-0.39, 0.29) is 18.1 Å². The van der Waals surface area contributed by atoms with Gasteiger partial charge in [0.1, 0.15) is 12.3 Å². The number of rotatable bonds is 5. The number of amides is 1. The summed E-state index contributed by atoms with van der Waals surface area (Å²) >= 11 is 0. The van der Waals surface area contributed by atoms with Gasteiger partial charge in [0.2, 0.25) is 5.89 Å². The van der Waals surface area contributed by atoms with Gasteiger partial charge in [-0.25, -0.2) is 4.39 Å². The molecule has 0 radical (unpaired) electrons. The maximum atomic E-state index is 13.9. The van der Waals surface area contributed by atoms with Crippen LogP contribution in [0.25, 0.3) is 0 Å². The monoisotopic (exact) mass is 326 g/mol. The van der Waals surface area contributed by atoms with E-state index < -0.39 is 6.17 Å². The lowest BCUT2D eigenvalue weighted by atomic mass is 10.1. The number of carbonyl (C=O) groups excluding carboxylic acids is 1. The van der Waals surface area contributed by atoms with Gasteiger partial charge in [0, 0.05) is 39.7 Å². The second-order valence-electron chi connectivity index (χ2n) is 6.37. The van der Waals surface area contributed by atoms with Gasteiger partial charge in [-0.2, -0.15) is 4.98 Å². The Morgan fingerprint density at radius 1 is 1.52 bits per heavy atom. The maximum Gasteiger partial charge on any atom is 0.251 e. The first kappa shape index (κ1) is 16.3. The molecule has 2 fully saturated rings. The highest BCUT2D eigenvalue weighted by atomic mass is 19.1. The summed E-state index contributed by atoms with van der Waals surface area (Å²) < 4.78 is 24.2. The first-order valence-corrected chi connectivity index (χ1v) is 8.07. The van der Waals surface area contributed by atoms with Crippen LogP contribution in [0.2, 0.25) is 0 Å². The fourth-order valence-electron chi connectivity index (χ4n) is 3.32. The molecule has 1 aromatic rings. The fourth-order valence-corrected chi connectivity index (χ4v) is 3.32. The van der Waals surface area contributed by atoms with Crippen molar-refractivity contribution in [3.63, 3.8) is 0 Å². The Labute approximate surface area is 134 Å². The molecule has 3 atom stereocenters. The maximum absolute atomic E-state index is 13.9. The average Bonchev–Trinajstić information content (AvgIpc) is 3.22. The van der Waals surface area contributed by atoms with Gasteiger partial charge in [-0.3, -0.25) is 9.69 Å². The minimum atomic E-state index is -0.890. The van der Waals surface area contributed by atoms with Crippen LogP contribution >= 0.6 is 0 Å². The van der Waals surface area contributed by atoms with Crippen molar-refractivity contribution in [2.75, 3.05) is 26.7 Å². The standard InChI is InChI=1S/C15H23FN4O3/c1-10-17-14(18-23-10)9-20-7-11(16)6-12(20)8-19(2)15(21)13-4-3-5-22-13/h11-13H,3-9H2,1-2H3/t11-,12-,13-/m0/s1. The van der Waals surface area contributed by atoms with Crippen LogP contribution in [0.1, 0.15) is 31.0 Å². The Kier molecular flexibility index (Phi) is 4.91. The van der Waals surface area contributed by atoms with Gasteiger partial charge < -0.3 is 14.2 Å². The summed E-state index contributed by atoms with van der Waals surface area (Å²) in [6.45, 7) is 3.62. The Hall–Kier alpha value is -1.54. The SMILES string of the molecule is Cc1nc(CN2C[C@@H](F)C[C@H]2CN(C)C(=O)[C@@H]2CCCO2)no1. The van der Waals surface area contributed by atoms with Crippen molar-refractivity contribution in [3.05, 3.63) is 11.7 Å². The number of halogens is 1. The topological polar surface area (TPSA) is 71.7 Å². The zero-order valence-corrected chi connectivity index (χ0v) is 13.6. The van der Waals surface area contributed by atoms with Crippen LogP contribution in [0.3, 0.4) is 0 Å². The zero-order valence-electron chi connectivity index (χ0n) is 13.6. The Balaban J connectivity index is 1.59. The molecule has 0 saturated carbocycles. The normalized spacial score (nSPS) is 28.4. The number of hydrogen-bond acceptors (Lipinski definition) is 6. The van der Waals surface area contributed by atoms with E-state index in [0.717, 1.165) is 12.8 Å². The van der Waals surface area contributed by atoms with Crippen LogP contribution in [0.4, 0.5) is 4.39 Å². The van der Waals surface area contributed by atoms with Gasteiger partial charge in [-0.05, 0) is 19.3 Å². The largest absolute Gasteiger partial charge is 0.368 e. The van der Waals surface area contributed by atoms with Crippen molar-refractivity contribution in [3.8, 4) is 0 Å². The first-order chi connectivity index (χ1) is 11.0. The van der Waals surface area contributed by atoms with E-state index in [4.69, 9.17) is 9.26 Å². The lowest BCUT2D eigenvalue weighted by Gasteiger charge is -2.28. The van der Waals surface area contributed by atoms with Crippen molar-refractivity contribution >= 4 is 5.91 Å². The average molecular weight is 326 g/mol. The Morgan fingerprint density at radius 3 is 3.00 bits per heavy atom. The molecule has 0 spiro atoms. The van der Waals surface area contributed by atoms with Gasteiger partial charge in [0.25, 0.3) is 5.91 Å². The molecule has 1 aromatic heterocycles.